The standard InChI is InChI=1S/C19H27N3O/c1-2-6-18-8-9-19(23-18)16-22-12-5-11-21(13-14-22)15-17-7-3-4-10-20-17/h3-4,7-10H,2,5-6,11-16H2,1H3. The molecule has 0 aliphatic carbocycles. The van der Waals surface area contributed by atoms with Crippen LogP contribution in [0, 0.1) is 0 Å². The molecule has 2 aromatic rings. The Morgan fingerprint density at radius 2 is 1.74 bits per heavy atom. The van der Waals surface area contributed by atoms with Crippen LogP contribution < -0.4 is 0 Å². The van der Waals surface area contributed by atoms with Crippen LogP contribution >= 0.6 is 0 Å². The third-order valence-corrected chi connectivity index (χ3v) is 4.39. The first-order chi connectivity index (χ1) is 11.3. The van der Waals surface area contributed by atoms with E-state index in [1.807, 2.05) is 12.3 Å². The van der Waals surface area contributed by atoms with E-state index in [2.05, 4.69) is 46.0 Å². The molecule has 23 heavy (non-hydrogen) atoms. The molecule has 3 heterocycles. The van der Waals surface area contributed by atoms with Gasteiger partial charge in [-0.15, -0.1) is 0 Å². The van der Waals surface area contributed by atoms with Gasteiger partial charge in [-0.1, -0.05) is 13.0 Å². The summed E-state index contributed by atoms with van der Waals surface area (Å²) < 4.78 is 5.92. The number of pyridine rings is 1. The fourth-order valence-electron chi connectivity index (χ4n) is 3.17. The maximum Gasteiger partial charge on any atom is 0.118 e. The van der Waals surface area contributed by atoms with Gasteiger partial charge in [0.2, 0.25) is 0 Å². The summed E-state index contributed by atoms with van der Waals surface area (Å²) in [7, 11) is 0. The van der Waals surface area contributed by atoms with Crippen molar-refractivity contribution in [2.45, 2.75) is 39.3 Å². The van der Waals surface area contributed by atoms with E-state index >= 15 is 0 Å². The van der Waals surface area contributed by atoms with Crippen molar-refractivity contribution in [2.75, 3.05) is 26.2 Å². The molecule has 1 fully saturated rings. The molecule has 0 atom stereocenters. The van der Waals surface area contributed by atoms with Gasteiger partial charge in [-0.05, 0) is 50.2 Å². The lowest BCUT2D eigenvalue weighted by Crippen LogP contribution is -2.30. The molecule has 0 saturated carbocycles. The maximum atomic E-state index is 5.92. The van der Waals surface area contributed by atoms with Crippen LogP contribution in [0.5, 0.6) is 0 Å². The number of aryl methyl sites for hydroxylation is 1. The predicted octanol–water partition coefficient (Wildman–Crippen LogP) is 3.34. The third kappa shape index (κ3) is 4.91. The van der Waals surface area contributed by atoms with E-state index in [0.717, 1.165) is 69.3 Å². The first-order valence-corrected chi connectivity index (χ1v) is 8.75. The largest absolute Gasteiger partial charge is 0.465 e. The number of rotatable bonds is 6. The van der Waals surface area contributed by atoms with Crippen LogP contribution in [0.2, 0.25) is 0 Å². The van der Waals surface area contributed by atoms with Crippen LogP contribution in [-0.2, 0) is 19.5 Å². The second-order valence-corrected chi connectivity index (χ2v) is 6.34. The summed E-state index contributed by atoms with van der Waals surface area (Å²) in [5.41, 5.74) is 1.16. The Hall–Kier alpha value is -1.65. The molecule has 1 aliphatic heterocycles. The quantitative estimate of drug-likeness (QED) is 0.819. The van der Waals surface area contributed by atoms with E-state index in [1.165, 1.54) is 6.42 Å². The molecule has 3 rings (SSSR count). The highest BCUT2D eigenvalue weighted by Crippen LogP contribution is 2.14. The molecule has 0 N–H and O–H groups in total. The van der Waals surface area contributed by atoms with E-state index in [9.17, 15) is 0 Å². The summed E-state index contributed by atoms with van der Waals surface area (Å²) in [5, 5.41) is 0. The van der Waals surface area contributed by atoms with Gasteiger partial charge in [0.15, 0.2) is 0 Å². The van der Waals surface area contributed by atoms with Crippen molar-refractivity contribution in [3.63, 3.8) is 0 Å². The summed E-state index contributed by atoms with van der Waals surface area (Å²) in [6, 6.07) is 10.4. The molecule has 0 aromatic carbocycles. The van der Waals surface area contributed by atoms with E-state index < -0.39 is 0 Å². The normalized spacial score (nSPS) is 17.3. The summed E-state index contributed by atoms with van der Waals surface area (Å²) in [5.74, 6) is 2.22. The number of aromatic nitrogens is 1. The zero-order valence-electron chi connectivity index (χ0n) is 14.1. The number of hydrogen-bond donors (Lipinski definition) is 0. The Morgan fingerprint density at radius 1 is 0.957 bits per heavy atom. The van der Waals surface area contributed by atoms with Gasteiger partial charge < -0.3 is 4.42 Å². The summed E-state index contributed by atoms with van der Waals surface area (Å²) in [6.45, 7) is 8.55. The minimum absolute atomic E-state index is 0.932. The molecule has 4 nitrogen and oxygen atoms in total. The molecular formula is C19H27N3O. The zero-order chi connectivity index (χ0) is 15.9. The Balaban J connectivity index is 1.49. The Labute approximate surface area is 139 Å². The van der Waals surface area contributed by atoms with Crippen molar-refractivity contribution in [2.24, 2.45) is 0 Å². The average Bonchev–Trinajstić information content (AvgIpc) is 2.88. The molecule has 124 valence electrons. The summed E-state index contributed by atoms with van der Waals surface area (Å²) in [6.07, 6.45) is 5.26. The lowest BCUT2D eigenvalue weighted by atomic mass is 10.3. The molecule has 4 heteroatoms. The van der Waals surface area contributed by atoms with Crippen LogP contribution in [0.1, 0.15) is 37.0 Å². The summed E-state index contributed by atoms with van der Waals surface area (Å²) >= 11 is 0. The third-order valence-electron chi connectivity index (χ3n) is 4.39. The first kappa shape index (κ1) is 16.2. The SMILES string of the molecule is CCCc1ccc(CN2CCCN(Cc3ccccn3)CC2)o1. The molecule has 2 aromatic heterocycles. The second kappa shape index (κ2) is 8.27. The fourth-order valence-corrected chi connectivity index (χ4v) is 3.17. The Morgan fingerprint density at radius 3 is 2.48 bits per heavy atom. The van der Waals surface area contributed by atoms with Crippen molar-refractivity contribution >= 4 is 0 Å². The van der Waals surface area contributed by atoms with Crippen molar-refractivity contribution < 1.29 is 4.42 Å². The van der Waals surface area contributed by atoms with E-state index in [-0.39, 0.29) is 0 Å². The maximum absolute atomic E-state index is 5.92. The predicted molar refractivity (Wildman–Crippen MR) is 92.1 cm³/mol. The molecule has 0 unspecified atom stereocenters. The molecule has 1 aliphatic rings. The fraction of sp³-hybridized carbons (Fsp3) is 0.526. The van der Waals surface area contributed by atoms with Gasteiger partial charge in [-0.25, -0.2) is 0 Å². The monoisotopic (exact) mass is 313 g/mol. The number of furan rings is 1. The first-order valence-electron chi connectivity index (χ1n) is 8.75. The minimum atomic E-state index is 0.932. The number of nitrogens with zero attached hydrogens (tertiary/aromatic N) is 3. The van der Waals surface area contributed by atoms with Crippen LogP contribution in [0.4, 0.5) is 0 Å². The molecule has 1 saturated heterocycles. The van der Waals surface area contributed by atoms with Crippen molar-refractivity contribution in [1.82, 2.24) is 14.8 Å². The van der Waals surface area contributed by atoms with E-state index in [1.54, 1.807) is 0 Å². The minimum Gasteiger partial charge on any atom is -0.465 e. The van der Waals surface area contributed by atoms with Gasteiger partial charge in [0.1, 0.15) is 11.5 Å². The topological polar surface area (TPSA) is 32.5 Å². The molecule has 0 radical (unpaired) electrons. The van der Waals surface area contributed by atoms with Crippen molar-refractivity contribution in [3.05, 3.63) is 53.7 Å². The lowest BCUT2D eigenvalue weighted by Gasteiger charge is -2.20. The van der Waals surface area contributed by atoms with Gasteiger partial charge in [0, 0.05) is 32.3 Å². The number of hydrogen-bond acceptors (Lipinski definition) is 4. The molecular weight excluding hydrogens is 286 g/mol. The van der Waals surface area contributed by atoms with Gasteiger partial charge in [0.05, 0.1) is 12.2 Å². The Bertz CT molecular complexity index is 581. The van der Waals surface area contributed by atoms with Crippen LogP contribution in [-0.4, -0.2) is 41.0 Å². The molecule has 0 bridgehead atoms. The lowest BCUT2D eigenvalue weighted by molar-refractivity contribution is 0.232. The smallest absolute Gasteiger partial charge is 0.118 e. The van der Waals surface area contributed by atoms with E-state index in [4.69, 9.17) is 4.42 Å². The molecule has 0 amide bonds. The van der Waals surface area contributed by atoms with Crippen molar-refractivity contribution in [3.8, 4) is 0 Å². The van der Waals surface area contributed by atoms with E-state index in [0.29, 0.717) is 0 Å². The van der Waals surface area contributed by atoms with Gasteiger partial charge in [0.25, 0.3) is 0 Å². The van der Waals surface area contributed by atoms with Gasteiger partial charge in [-0.2, -0.15) is 0 Å². The highest BCUT2D eigenvalue weighted by atomic mass is 16.3. The van der Waals surface area contributed by atoms with Gasteiger partial charge >= 0.3 is 0 Å². The van der Waals surface area contributed by atoms with Crippen LogP contribution in [0.15, 0.2) is 40.9 Å². The zero-order valence-corrected chi connectivity index (χ0v) is 14.1. The highest BCUT2D eigenvalue weighted by Gasteiger charge is 2.16. The highest BCUT2D eigenvalue weighted by molar-refractivity contribution is 5.07. The molecule has 0 spiro atoms. The van der Waals surface area contributed by atoms with Crippen LogP contribution in [0.3, 0.4) is 0 Å². The van der Waals surface area contributed by atoms with Crippen LogP contribution in [0.25, 0.3) is 0 Å². The summed E-state index contributed by atoms with van der Waals surface area (Å²) in [4.78, 5) is 9.45. The Kier molecular flexibility index (Phi) is 5.83. The van der Waals surface area contributed by atoms with Crippen molar-refractivity contribution in [1.29, 1.82) is 0 Å². The average molecular weight is 313 g/mol. The second-order valence-electron chi connectivity index (χ2n) is 6.34. The van der Waals surface area contributed by atoms with Gasteiger partial charge in [-0.3, -0.25) is 14.8 Å².